The van der Waals surface area contributed by atoms with Crippen LogP contribution in [0.4, 0.5) is 5.69 Å². The molecule has 0 atom stereocenters. The second-order valence-corrected chi connectivity index (χ2v) is 7.08. The molecule has 0 aliphatic carbocycles. The number of esters is 2. The van der Waals surface area contributed by atoms with E-state index in [9.17, 15) is 19.7 Å². The zero-order chi connectivity index (χ0) is 21.9. The van der Waals surface area contributed by atoms with Crippen LogP contribution in [0.25, 0.3) is 0 Å². The number of carbonyl (C=O) groups is 2. The number of para-hydroxylation sites is 1. The molecule has 0 aliphatic heterocycles. The van der Waals surface area contributed by atoms with E-state index < -0.39 is 16.9 Å². The number of nitrogens with zero attached hydrogens (tertiary/aromatic N) is 1. The fraction of sp³-hybridized carbons (Fsp3) is 0.364. The van der Waals surface area contributed by atoms with Crippen molar-refractivity contribution in [1.82, 2.24) is 0 Å². The molecule has 0 N–H and O–H groups in total. The van der Waals surface area contributed by atoms with Gasteiger partial charge < -0.3 is 9.47 Å². The minimum atomic E-state index is -0.778. The van der Waals surface area contributed by atoms with Crippen LogP contribution in [0.5, 0.6) is 0 Å². The molecule has 2 aromatic rings. The van der Waals surface area contributed by atoms with Gasteiger partial charge in [0.05, 0.1) is 28.2 Å². The number of unbranched alkanes of at least 4 members (excludes halogenated alkanes) is 4. The van der Waals surface area contributed by atoms with Gasteiger partial charge in [0.15, 0.2) is 0 Å². The van der Waals surface area contributed by atoms with Crippen molar-refractivity contribution >= 4 is 29.2 Å². The lowest BCUT2D eigenvalue weighted by molar-refractivity contribution is -0.385. The first-order valence-electron chi connectivity index (χ1n) is 9.80. The second-order valence-electron chi connectivity index (χ2n) is 6.68. The summed E-state index contributed by atoms with van der Waals surface area (Å²) in [5.41, 5.74) is -0.0227. The number of ether oxygens (including phenoxy) is 2. The van der Waals surface area contributed by atoms with Gasteiger partial charge in [-0.05, 0) is 30.7 Å². The zero-order valence-electron chi connectivity index (χ0n) is 16.8. The van der Waals surface area contributed by atoms with Crippen molar-refractivity contribution in [1.29, 1.82) is 0 Å². The highest BCUT2D eigenvalue weighted by molar-refractivity contribution is 6.32. The molecule has 7 nitrogen and oxygen atoms in total. The minimum Gasteiger partial charge on any atom is -0.462 e. The zero-order valence-corrected chi connectivity index (χ0v) is 17.5. The monoisotopic (exact) mass is 433 g/mol. The fourth-order valence-electron chi connectivity index (χ4n) is 2.89. The van der Waals surface area contributed by atoms with Crippen molar-refractivity contribution in [2.75, 3.05) is 6.61 Å². The van der Waals surface area contributed by atoms with Gasteiger partial charge in [-0.3, -0.25) is 10.1 Å². The second kappa shape index (κ2) is 11.9. The summed E-state index contributed by atoms with van der Waals surface area (Å²) in [5.74, 6) is -1.38. The third-order valence-electron chi connectivity index (χ3n) is 4.46. The van der Waals surface area contributed by atoms with Crippen LogP contribution in [0.2, 0.25) is 5.02 Å². The van der Waals surface area contributed by atoms with Crippen LogP contribution < -0.4 is 0 Å². The van der Waals surface area contributed by atoms with Crippen molar-refractivity contribution in [2.24, 2.45) is 0 Å². The molecule has 0 saturated carbocycles. The van der Waals surface area contributed by atoms with Crippen LogP contribution in [-0.4, -0.2) is 23.5 Å². The van der Waals surface area contributed by atoms with Crippen LogP contribution in [0.15, 0.2) is 42.5 Å². The number of hydrogen-bond acceptors (Lipinski definition) is 6. The lowest BCUT2D eigenvalue weighted by atomic mass is 10.1. The molecule has 0 bridgehead atoms. The largest absolute Gasteiger partial charge is 0.462 e. The topological polar surface area (TPSA) is 95.7 Å². The van der Waals surface area contributed by atoms with Gasteiger partial charge in [-0.1, -0.05) is 62.4 Å². The van der Waals surface area contributed by atoms with Crippen molar-refractivity contribution in [3.05, 3.63) is 74.3 Å². The van der Waals surface area contributed by atoms with Crippen molar-refractivity contribution in [2.45, 2.75) is 45.6 Å². The molecule has 0 heterocycles. The summed E-state index contributed by atoms with van der Waals surface area (Å²) in [5, 5.41) is 11.2. The lowest BCUT2D eigenvalue weighted by Crippen LogP contribution is -2.14. The van der Waals surface area contributed by atoms with E-state index >= 15 is 0 Å². The summed E-state index contributed by atoms with van der Waals surface area (Å²) in [7, 11) is 0. The van der Waals surface area contributed by atoms with Gasteiger partial charge in [0.25, 0.3) is 5.69 Å². The molecule has 8 heteroatoms. The first-order chi connectivity index (χ1) is 14.5. The first kappa shape index (κ1) is 23.3. The molecule has 0 aliphatic rings. The van der Waals surface area contributed by atoms with Crippen LogP contribution >= 0.6 is 11.6 Å². The van der Waals surface area contributed by atoms with Crippen molar-refractivity contribution in [3.8, 4) is 0 Å². The van der Waals surface area contributed by atoms with Crippen LogP contribution in [-0.2, 0) is 16.1 Å². The number of rotatable bonds is 11. The SMILES string of the molecule is CCCCCCCOC(=O)c1ccccc1C(=O)OCc1cccc(Cl)c1[N+](=O)[O-]. The predicted molar refractivity (Wildman–Crippen MR) is 113 cm³/mol. The van der Waals surface area contributed by atoms with E-state index in [-0.39, 0.29) is 40.6 Å². The predicted octanol–water partition coefficient (Wildman–Crippen LogP) is 5.73. The minimum absolute atomic E-state index is 0.0400. The smallest absolute Gasteiger partial charge is 0.339 e. The average molecular weight is 434 g/mol. The number of carbonyl (C=O) groups excluding carboxylic acids is 2. The number of nitro groups is 1. The quantitative estimate of drug-likeness (QED) is 0.194. The molecular formula is C22H24ClNO6. The Bertz CT molecular complexity index is 899. The molecule has 0 aromatic heterocycles. The van der Waals surface area contributed by atoms with E-state index in [1.807, 2.05) is 0 Å². The van der Waals surface area contributed by atoms with Crippen LogP contribution in [0.3, 0.4) is 0 Å². The molecule has 30 heavy (non-hydrogen) atoms. The van der Waals surface area contributed by atoms with Crippen molar-refractivity contribution in [3.63, 3.8) is 0 Å². The Morgan fingerprint density at radius 2 is 1.57 bits per heavy atom. The summed E-state index contributed by atoms with van der Waals surface area (Å²) < 4.78 is 10.5. The molecule has 0 fully saturated rings. The van der Waals surface area contributed by atoms with E-state index in [0.717, 1.165) is 32.1 Å². The van der Waals surface area contributed by atoms with Gasteiger partial charge in [-0.15, -0.1) is 0 Å². The molecule has 0 spiro atoms. The van der Waals surface area contributed by atoms with E-state index in [1.54, 1.807) is 12.1 Å². The van der Waals surface area contributed by atoms with Gasteiger partial charge in [0.1, 0.15) is 11.6 Å². The maximum Gasteiger partial charge on any atom is 0.339 e. The molecular weight excluding hydrogens is 410 g/mol. The number of halogens is 1. The van der Waals surface area contributed by atoms with Gasteiger partial charge in [-0.2, -0.15) is 0 Å². The van der Waals surface area contributed by atoms with Gasteiger partial charge in [0, 0.05) is 0 Å². The molecule has 2 aromatic carbocycles. The molecule has 0 radical (unpaired) electrons. The third-order valence-corrected chi connectivity index (χ3v) is 4.76. The third kappa shape index (κ3) is 6.56. The lowest BCUT2D eigenvalue weighted by Gasteiger charge is -2.10. The number of nitro benzene ring substituents is 1. The number of hydrogen-bond donors (Lipinski definition) is 0. The summed E-state index contributed by atoms with van der Waals surface area (Å²) in [6.07, 6.45) is 5.10. The Morgan fingerprint density at radius 1 is 0.933 bits per heavy atom. The van der Waals surface area contributed by atoms with Gasteiger partial charge >= 0.3 is 11.9 Å². The van der Waals surface area contributed by atoms with Crippen LogP contribution in [0, 0.1) is 10.1 Å². The summed E-state index contributed by atoms with van der Waals surface area (Å²) >= 11 is 5.87. The fourth-order valence-corrected chi connectivity index (χ4v) is 3.15. The molecule has 0 unspecified atom stereocenters. The van der Waals surface area contributed by atoms with E-state index in [0.29, 0.717) is 0 Å². The molecule has 2 rings (SSSR count). The summed E-state index contributed by atoms with van der Waals surface area (Å²) in [6, 6.07) is 10.5. The highest BCUT2D eigenvalue weighted by atomic mass is 35.5. The van der Waals surface area contributed by atoms with Crippen LogP contribution in [0.1, 0.15) is 65.3 Å². The van der Waals surface area contributed by atoms with Gasteiger partial charge in [-0.25, -0.2) is 9.59 Å². The highest BCUT2D eigenvalue weighted by Gasteiger charge is 2.22. The van der Waals surface area contributed by atoms with Gasteiger partial charge in [0.2, 0.25) is 0 Å². The summed E-state index contributed by atoms with van der Waals surface area (Å²) in [4.78, 5) is 35.5. The van der Waals surface area contributed by atoms with E-state index in [1.165, 1.54) is 30.3 Å². The molecule has 160 valence electrons. The maximum atomic E-state index is 12.5. The van der Waals surface area contributed by atoms with Crippen molar-refractivity contribution < 1.29 is 24.0 Å². The van der Waals surface area contributed by atoms with E-state index in [2.05, 4.69) is 6.92 Å². The Hall–Kier alpha value is -2.93. The maximum absolute atomic E-state index is 12.5. The molecule has 0 amide bonds. The Morgan fingerprint density at radius 3 is 2.20 bits per heavy atom. The van der Waals surface area contributed by atoms with E-state index in [4.69, 9.17) is 21.1 Å². The first-order valence-corrected chi connectivity index (χ1v) is 10.2. The standard InChI is InChI=1S/C22H24ClNO6/c1-2-3-4-5-8-14-29-21(25)17-11-6-7-12-18(17)22(26)30-15-16-10-9-13-19(23)20(16)24(27)28/h6-7,9-13H,2-5,8,14-15H2,1H3. The average Bonchev–Trinajstić information content (AvgIpc) is 2.74. The molecule has 0 saturated heterocycles. The normalized spacial score (nSPS) is 10.5. The Balaban J connectivity index is 2.01. The number of benzene rings is 2. The Kier molecular flexibility index (Phi) is 9.28. The summed E-state index contributed by atoms with van der Waals surface area (Å²) in [6.45, 7) is 2.05. The highest BCUT2D eigenvalue weighted by Crippen LogP contribution is 2.29. The Labute approximate surface area is 180 Å².